The molecule has 0 fully saturated rings. The van der Waals surface area contributed by atoms with Crippen molar-refractivity contribution < 1.29 is 8.42 Å². The lowest BCUT2D eigenvalue weighted by Crippen LogP contribution is -2.32. The van der Waals surface area contributed by atoms with Gasteiger partial charge in [-0.15, -0.1) is 5.10 Å². The highest BCUT2D eigenvalue weighted by Crippen LogP contribution is 2.22. The average Bonchev–Trinajstić information content (AvgIpc) is 2.93. The Hall–Kier alpha value is -2.49. The molecule has 3 rings (SSSR count). The van der Waals surface area contributed by atoms with E-state index in [0.717, 1.165) is 0 Å². The Morgan fingerprint density at radius 3 is 2.67 bits per heavy atom. The molecule has 10 heteroatoms. The molecule has 0 aliphatic carbocycles. The fourth-order valence-electron chi connectivity index (χ4n) is 2.59. The summed E-state index contributed by atoms with van der Waals surface area (Å²) in [4.78, 5) is 16.6. The lowest BCUT2D eigenvalue weighted by Gasteiger charge is -2.10. The zero-order valence-corrected chi connectivity index (χ0v) is 16.3. The Labute approximate surface area is 161 Å². The Morgan fingerprint density at radius 2 is 1.96 bits per heavy atom. The number of benzene rings is 1. The zero-order chi connectivity index (χ0) is 19.6. The molecule has 8 nitrogen and oxygen atoms in total. The summed E-state index contributed by atoms with van der Waals surface area (Å²) in [6.45, 7) is 1.73. The fraction of sp³-hybridized carbons (Fsp3) is 0.235. The van der Waals surface area contributed by atoms with Gasteiger partial charge in [-0.25, -0.2) is 22.6 Å². The summed E-state index contributed by atoms with van der Waals surface area (Å²) in [7, 11) is -2.16. The summed E-state index contributed by atoms with van der Waals surface area (Å²) >= 11 is 5.99. The van der Waals surface area contributed by atoms with Crippen LogP contribution in [0, 0.1) is 6.92 Å². The monoisotopic (exact) mass is 407 g/mol. The second-order valence-corrected chi connectivity index (χ2v) is 8.01. The number of nitrogens with zero attached hydrogens (tertiary/aromatic N) is 4. The van der Waals surface area contributed by atoms with Crippen molar-refractivity contribution in [1.82, 2.24) is 24.1 Å². The molecule has 0 bridgehead atoms. The van der Waals surface area contributed by atoms with Gasteiger partial charge in [-0.05, 0) is 36.8 Å². The Morgan fingerprint density at radius 1 is 1.19 bits per heavy atom. The maximum atomic E-state index is 12.5. The van der Waals surface area contributed by atoms with Crippen molar-refractivity contribution in [2.75, 3.05) is 6.54 Å². The van der Waals surface area contributed by atoms with Gasteiger partial charge in [-0.3, -0.25) is 9.55 Å². The molecule has 2 aromatic heterocycles. The first kappa shape index (κ1) is 19.3. The van der Waals surface area contributed by atoms with Crippen LogP contribution >= 0.6 is 11.6 Å². The molecular formula is C17H18ClN5O3S. The largest absolute Gasteiger partial charge is 0.346 e. The van der Waals surface area contributed by atoms with E-state index in [9.17, 15) is 13.2 Å². The van der Waals surface area contributed by atoms with E-state index < -0.39 is 10.0 Å². The summed E-state index contributed by atoms with van der Waals surface area (Å²) in [6.07, 6.45) is 1.61. The van der Waals surface area contributed by atoms with Crippen molar-refractivity contribution >= 4 is 21.6 Å². The minimum absolute atomic E-state index is 0.00681. The number of halogens is 1. The van der Waals surface area contributed by atoms with Gasteiger partial charge in [0.2, 0.25) is 10.0 Å². The van der Waals surface area contributed by atoms with Gasteiger partial charge in [0.1, 0.15) is 5.69 Å². The van der Waals surface area contributed by atoms with Gasteiger partial charge in [0, 0.05) is 24.8 Å². The second-order valence-electron chi connectivity index (χ2n) is 5.86. The Kier molecular flexibility index (Phi) is 5.45. The lowest BCUT2D eigenvalue weighted by atomic mass is 10.2. The van der Waals surface area contributed by atoms with E-state index >= 15 is 0 Å². The first-order valence-corrected chi connectivity index (χ1v) is 9.97. The van der Waals surface area contributed by atoms with Crippen LogP contribution in [0.25, 0.3) is 11.5 Å². The van der Waals surface area contributed by atoms with Crippen LogP contribution < -0.4 is 10.4 Å². The van der Waals surface area contributed by atoms with Crippen LogP contribution in [0.3, 0.4) is 0 Å². The first-order valence-electron chi connectivity index (χ1n) is 8.11. The third-order valence-electron chi connectivity index (χ3n) is 4.06. The van der Waals surface area contributed by atoms with Crippen molar-refractivity contribution in [3.05, 3.63) is 63.7 Å². The van der Waals surface area contributed by atoms with Gasteiger partial charge in [0.25, 0.3) is 0 Å². The standard InChI is InChI=1S/C17H18ClN5O3S/c1-12-13(18)6-5-8-15(12)27(25,26)20-10-11-23-17(24)22(2)16(21-23)14-7-3-4-9-19-14/h3-9,20H,10-11H2,1-2H3. The molecule has 0 radical (unpaired) electrons. The van der Waals surface area contributed by atoms with Crippen LogP contribution in [-0.2, 0) is 23.6 Å². The van der Waals surface area contributed by atoms with Gasteiger partial charge in [-0.1, -0.05) is 23.7 Å². The molecule has 0 atom stereocenters. The van der Waals surface area contributed by atoms with Gasteiger partial charge >= 0.3 is 5.69 Å². The van der Waals surface area contributed by atoms with Crippen LogP contribution in [0.2, 0.25) is 5.02 Å². The zero-order valence-electron chi connectivity index (χ0n) is 14.8. The van der Waals surface area contributed by atoms with Crippen molar-refractivity contribution in [3.63, 3.8) is 0 Å². The van der Waals surface area contributed by atoms with E-state index in [1.807, 2.05) is 0 Å². The molecular weight excluding hydrogens is 390 g/mol. The number of sulfonamides is 1. The molecule has 27 heavy (non-hydrogen) atoms. The maximum Gasteiger partial charge on any atom is 0.346 e. The predicted octanol–water partition coefficient (Wildman–Crippen LogP) is 1.58. The van der Waals surface area contributed by atoms with Gasteiger partial charge in [-0.2, -0.15) is 0 Å². The molecule has 3 aromatic rings. The van der Waals surface area contributed by atoms with E-state index in [-0.39, 0.29) is 23.7 Å². The summed E-state index contributed by atoms with van der Waals surface area (Å²) in [5.41, 5.74) is 0.680. The molecule has 0 spiro atoms. The molecule has 0 aliphatic rings. The molecule has 0 saturated carbocycles. The lowest BCUT2D eigenvalue weighted by molar-refractivity contribution is 0.550. The number of nitrogens with one attached hydrogen (secondary N) is 1. The smallest absolute Gasteiger partial charge is 0.277 e. The minimum Gasteiger partial charge on any atom is -0.277 e. The molecule has 2 heterocycles. The van der Waals surface area contributed by atoms with E-state index in [1.165, 1.54) is 15.3 Å². The highest BCUT2D eigenvalue weighted by atomic mass is 35.5. The molecule has 0 aliphatic heterocycles. The van der Waals surface area contributed by atoms with Crippen molar-refractivity contribution in [2.45, 2.75) is 18.4 Å². The molecule has 0 amide bonds. The van der Waals surface area contributed by atoms with E-state index in [4.69, 9.17) is 11.6 Å². The fourth-order valence-corrected chi connectivity index (χ4v) is 4.11. The summed E-state index contributed by atoms with van der Waals surface area (Å²) < 4.78 is 30.0. The number of aromatic nitrogens is 4. The third kappa shape index (κ3) is 3.95. The highest BCUT2D eigenvalue weighted by Gasteiger charge is 2.18. The number of rotatable bonds is 6. The van der Waals surface area contributed by atoms with Crippen LogP contribution in [0.1, 0.15) is 5.56 Å². The maximum absolute atomic E-state index is 12.5. The van der Waals surface area contributed by atoms with Gasteiger partial charge < -0.3 is 0 Å². The Bertz CT molecular complexity index is 1120. The molecule has 1 aromatic carbocycles. The average molecular weight is 408 g/mol. The molecule has 1 N–H and O–H groups in total. The summed E-state index contributed by atoms with van der Waals surface area (Å²) in [6, 6.07) is 10.00. The third-order valence-corrected chi connectivity index (χ3v) is 6.07. The molecule has 0 unspecified atom stereocenters. The van der Waals surface area contributed by atoms with Crippen molar-refractivity contribution in [1.29, 1.82) is 0 Å². The quantitative estimate of drug-likeness (QED) is 0.668. The Balaban J connectivity index is 1.76. The van der Waals surface area contributed by atoms with Crippen LogP contribution in [-0.4, -0.2) is 34.3 Å². The second kappa shape index (κ2) is 7.63. The summed E-state index contributed by atoms with van der Waals surface area (Å²) in [5, 5.41) is 4.63. The molecule has 0 saturated heterocycles. The number of hydrogen-bond donors (Lipinski definition) is 1. The van der Waals surface area contributed by atoms with E-state index in [2.05, 4.69) is 14.8 Å². The van der Waals surface area contributed by atoms with Crippen LogP contribution in [0.4, 0.5) is 0 Å². The van der Waals surface area contributed by atoms with Crippen LogP contribution in [0.15, 0.2) is 52.3 Å². The highest BCUT2D eigenvalue weighted by molar-refractivity contribution is 7.89. The van der Waals surface area contributed by atoms with E-state index in [1.54, 1.807) is 50.5 Å². The van der Waals surface area contributed by atoms with Crippen molar-refractivity contribution in [2.24, 2.45) is 7.05 Å². The topological polar surface area (TPSA) is 98.9 Å². The normalized spacial score (nSPS) is 11.7. The number of pyridine rings is 1. The SMILES string of the molecule is Cc1c(Cl)cccc1S(=O)(=O)NCCn1nc(-c2ccccn2)n(C)c1=O. The predicted molar refractivity (Wildman–Crippen MR) is 102 cm³/mol. The summed E-state index contributed by atoms with van der Waals surface area (Å²) in [5.74, 6) is 0.411. The van der Waals surface area contributed by atoms with E-state index in [0.29, 0.717) is 22.1 Å². The number of hydrogen-bond acceptors (Lipinski definition) is 5. The first-order chi connectivity index (χ1) is 12.8. The van der Waals surface area contributed by atoms with Gasteiger partial charge in [0.05, 0.1) is 11.4 Å². The van der Waals surface area contributed by atoms with Gasteiger partial charge in [0.15, 0.2) is 5.82 Å². The minimum atomic E-state index is -3.75. The molecule has 142 valence electrons. The van der Waals surface area contributed by atoms with Crippen LogP contribution in [0.5, 0.6) is 0 Å². The van der Waals surface area contributed by atoms with Crippen molar-refractivity contribution in [3.8, 4) is 11.5 Å².